The van der Waals surface area contributed by atoms with Crippen LogP contribution in [0.25, 0.3) is 10.2 Å². The van der Waals surface area contributed by atoms with Gasteiger partial charge in [0, 0.05) is 0 Å². The van der Waals surface area contributed by atoms with E-state index in [-0.39, 0.29) is 0 Å². The van der Waals surface area contributed by atoms with Crippen LogP contribution in [0.15, 0.2) is 17.6 Å². The Bertz CT molecular complexity index is 390. The van der Waals surface area contributed by atoms with Gasteiger partial charge in [0.05, 0.1) is 15.7 Å². The molecule has 0 saturated carbocycles. The Morgan fingerprint density at radius 2 is 1.60 bits per heavy atom. The number of benzene rings is 1. The van der Waals surface area contributed by atoms with Crippen molar-refractivity contribution in [2.24, 2.45) is 0 Å². The summed E-state index contributed by atoms with van der Waals surface area (Å²) in [4.78, 5) is 4.26. The van der Waals surface area contributed by atoms with Crippen molar-refractivity contribution in [1.82, 2.24) is 4.98 Å². The fourth-order valence-corrected chi connectivity index (χ4v) is 2.07. The van der Waals surface area contributed by atoms with Gasteiger partial charge in [-0.15, -0.1) is 11.3 Å². The highest BCUT2D eigenvalue weighted by atomic mass is 32.1. The minimum Gasteiger partial charge on any atom is -0.245 e. The summed E-state index contributed by atoms with van der Waals surface area (Å²) < 4.78 is 1.32. The van der Waals surface area contributed by atoms with Gasteiger partial charge < -0.3 is 0 Å². The number of aromatic nitrogens is 1. The minimum absolute atomic E-state index is 1.13. The molecule has 1 heterocycles. The van der Waals surface area contributed by atoms with E-state index in [9.17, 15) is 0 Å². The summed E-state index contributed by atoms with van der Waals surface area (Å²) in [6.07, 6.45) is 0. The van der Waals surface area contributed by atoms with Crippen LogP contribution < -0.4 is 0 Å². The van der Waals surface area contributed by atoms with E-state index in [1.54, 1.807) is 11.3 Å². The molecule has 0 radical (unpaired) electrons. The average molecular weight is 223 g/mol. The smallest absolute Gasteiger partial charge is 0.0817 e. The second-order valence-corrected chi connectivity index (χ2v) is 3.64. The second-order valence-electron chi connectivity index (χ2n) is 2.78. The molecule has 84 valence electrons. The first-order chi connectivity index (χ1) is 7.27. The van der Waals surface area contributed by atoms with Gasteiger partial charge in [0.15, 0.2) is 0 Å². The van der Waals surface area contributed by atoms with Gasteiger partial charge in [-0.2, -0.15) is 0 Å². The van der Waals surface area contributed by atoms with Crippen molar-refractivity contribution in [2.75, 3.05) is 0 Å². The number of rotatable bonds is 0. The Morgan fingerprint density at radius 1 is 1.00 bits per heavy atom. The molecule has 0 unspecified atom stereocenters. The third kappa shape index (κ3) is 3.63. The van der Waals surface area contributed by atoms with Crippen LogP contribution in [-0.4, -0.2) is 4.98 Å². The van der Waals surface area contributed by atoms with Crippen molar-refractivity contribution >= 4 is 21.6 Å². The standard InChI is InChI=1S/C9H9NS.2C2H6/c1-6-3-7(2)9-8(4-6)10-5-11-9;2*1-2/h3-5H,1-2H3;2*1-2H3. The number of fused-ring (bicyclic) bond motifs is 1. The molecule has 0 N–H and O–H groups in total. The fraction of sp³-hybridized carbons (Fsp3) is 0.462. The van der Waals surface area contributed by atoms with Gasteiger partial charge in [0.1, 0.15) is 0 Å². The molecular formula is C13H21NS. The minimum atomic E-state index is 1.13. The van der Waals surface area contributed by atoms with Gasteiger partial charge in [0.2, 0.25) is 0 Å². The molecule has 1 aromatic carbocycles. The predicted molar refractivity (Wildman–Crippen MR) is 71.8 cm³/mol. The largest absolute Gasteiger partial charge is 0.245 e. The van der Waals surface area contributed by atoms with Crippen LogP contribution >= 0.6 is 11.3 Å². The van der Waals surface area contributed by atoms with E-state index >= 15 is 0 Å². The van der Waals surface area contributed by atoms with E-state index in [4.69, 9.17) is 0 Å². The molecule has 0 fully saturated rings. The number of nitrogens with zero attached hydrogens (tertiary/aromatic N) is 1. The topological polar surface area (TPSA) is 12.9 Å². The van der Waals surface area contributed by atoms with Crippen molar-refractivity contribution in [3.05, 3.63) is 28.8 Å². The normalized spacial score (nSPS) is 8.67. The zero-order valence-corrected chi connectivity index (χ0v) is 11.4. The summed E-state index contributed by atoms with van der Waals surface area (Å²) in [6.45, 7) is 12.2. The molecule has 1 nitrogen and oxygen atoms in total. The monoisotopic (exact) mass is 223 g/mol. The third-order valence-corrected chi connectivity index (χ3v) is 2.74. The molecular weight excluding hydrogens is 202 g/mol. The van der Waals surface area contributed by atoms with Crippen LogP contribution in [0.3, 0.4) is 0 Å². The molecule has 1 aromatic heterocycles. The van der Waals surface area contributed by atoms with Crippen molar-refractivity contribution in [3.8, 4) is 0 Å². The highest BCUT2D eigenvalue weighted by molar-refractivity contribution is 7.16. The first-order valence-electron chi connectivity index (χ1n) is 5.58. The molecule has 0 spiro atoms. The molecule has 0 aliphatic carbocycles. The number of hydrogen-bond acceptors (Lipinski definition) is 2. The maximum absolute atomic E-state index is 4.26. The lowest BCUT2D eigenvalue weighted by Crippen LogP contribution is -1.76. The molecule has 2 aromatic rings. The zero-order valence-electron chi connectivity index (χ0n) is 10.6. The predicted octanol–water partition coefficient (Wildman–Crippen LogP) is 4.97. The van der Waals surface area contributed by atoms with Crippen molar-refractivity contribution in [1.29, 1.82) is 0 Å². The lowest BCUT2D eigenvalue weighted by atomic mass is 10.1. The van der Waals surface area contributed by atoms with Gasteiger partial charge in [-0.3, -0.25) is 0 Å². The molecule has 15 heavy (non-hydrogen) atoms. The Morgan fingerprint density at radius 3 is 2.20 bits per heavy atom. The van der Waals surface area contributed by atoms with Crippen molar-refractivity contribution in [2.45, 2.75) is 41.5 Å². The highest BCUT2D eigenvalue weighted by Crippen LogP contribution is 2.22. The Balaban J connectivity index is 0.000000442. The number of hydrogen-bond donors (Lipinski definition) is 0. The highest BCUT2D eigenvalue weighted by Gasteiger charge is 1.99. The first-order valence-corrected chi connectivity index (χ1v) is 6.46. The first kappa shape index (κ1) is 14.1. The van der Waals surface area contributed by atoms with Crippen LogP contribution in [0.4, 0.5) is 0 Å². The van der Waals surface area contributed by atoms with Gasteiger partial charge >= 0.3 is 0 Å². The number of aryl methyl sites for hydroxylation is 2. The molecule has 0 aliphatic heterocycles. The average Bonchev–Trinajstić information content (AvgIpc) is 2.72. The molecule has 2 rings (SSSR count). The van der Waals surface area contributed by atoms with E-state index in [1.165, 1.54) is 15.8 Å². The van der Waals surface area contributed by atoms with Crippen LogP contribution in [0.5, 0.6) is 0 Å². The Hall–Kier alpha value is -0.890. The second kappa shape index (κ2) is 7.41. The molecule has 0 bridgehead atoms. The molecule has 0 atom stereocenters. The summed E-state index contributed by atoms with van der Waals surface area (Å²) in [6, 6.07) is 4.32. The fourth-order valence-electron chi connectivity index (χ4n) is 1.32. The van der Waals surface area contributed by atoms with Gasteiger partial charge in [-0.05, 0) is 31.0 Å². The van der Waals surface area contributed by atoms with Crippen LogP contribution in [0.2, 0.25) is 0 Å². The zero-order chi connectivity index (χ0) is 11.8. The summed E-state index contributed by atoms with van der Waals surface area (Å²) >= 11 is 1.71. The van der Waals surface area contributed by atoms with E-state index < -0.39 is 0 Å². The van der Waals surface area contributed by atoms with Crippen molar-refractivity contribution in [3.63, 3.8) is 0 Å². The van der Waals surface area contributed by atoms with Crippen LogP contribution in [-0.2, 0) is 0 Å². The Kier molecular flexibility index (Phi) is 6.97. The number of thiazole rings is 1. The lowest BCUT2D eigenvalue weighted by molar-refractivity contribution is 1.41. The third-order valence-electron chi connectivity index (χ3n) is 1.76. The molecule has 0 saturated heterocycles. The van der Waals surface area contributed by atoms with E-state index in [0.29, 0.717) is 0 Å². The molecule has 0 aliphatic rings. The van der Waals surface area contributed by atoms with E-state index in [2.05, 4.69) is 31.0 Å². The van der Waals surface area contributed by atoms with E-state index in [1.807, 2.05) is 33.2 Å². The van der Waals surface area contributed by atoms with Crippen LogP contribution in [0, 0.1) is 13.8 Å². The lowest BCUT2D eigenvalue weighted by Gasteiger charge is -1.95. The summed E-state index contributed by atoms with van der Waals surface area (Å²) in [5.74, 6) is 0. The van der Waals surface area contributed by atoms with Gasteiger partial charge in [-0.1, -0.05) is 33.8 Å². The van der Waals surface area contributed by atoms with Gasteiger partial charge in [0.25, 0.3) is 0 Å². The maximum atomic E-state index is 4.26. The molecule has 2 heteroatoms. The maximum Gasteiger partial charge on any atom is 0.0817 e. The van der Waals surface area contributed by atoms with Crippen LogP contribution in [0.1, 0.15) is 38.8 Å². The summed E-state index contributed by atoms with van der Waals surface area (Å²) in [7, 11) is 0. The van der Waals surface area contributed by atoms with E-state index in [0.717, 1.165) is 5.52 Å². The molecule has 0 amide bonds. The summed E-state index contributed by atoms with van der Waals surface area (Å²) in [5.41, 5.74) is 5.66. The Labute approximate surface area is 97.2 Å². The van der Waals surface area contributed by atoms with Gasteiger partial charge in [-0.25, -0.2) is 4.98 Å². The van der Waals surface area contributed by atoms with Crippen molar-refractivity contribution < 1.29 is 0 Å². The SMILES string of the molecule is CC.CC.Cc1cc(C)c2scnc2c1. The summed E-state index contributed by atoms with van der Waals surface area (Å²) in [5, 5.41) is 0. The quantitative estimate of drug-likeness (QED) is 0.614.